The fourth-order valence-electron chi connectivity index (χ4n) is 4.28. The van der Waals surface area contributed by atoms with Gasteiger partial charge in [0, 0.05) is 35.8 Å². The van der Waals surface area contributed by atoms with E-state index < -0.39 is 26.8 Å². The van der Waals surface area contributed by atoms with Gasteiger partial charge in [-0.3, -0.25) is 0 Å². The number of hydrogen-bond acceptors (Lipinski definition) is 6. The minimum absolute atomic E-state index is 0.207. The molecule has 2 N–H and O–H groups in total. The number of methoxy groups -OCH3 is 1. The number of aliphatic hydroxyl groups excluding tert-OH is 1. The Kier molecular flexibility index (Phi) is 4.28. The van der Waals surface area contributed by atoms with E-state index >= 15 is 0 Å². The first kappa shape index (κ1) is 18.4. The van der Waals surface area contributed by atoms with Crippen LogP contribution in [0.4, 0.5) is 4.79 Å². The normalized spacial score (nSPS) is 28.6. The Bertz CT molecular complexity index is 934. The third-order valence-corrected chi connectivity index (χ3v) is 6.10. The Morgan fingerprint density at radius 2 is 2.26 bits per heavy atom. The number of carbonyl (C=O) groups excluding carboxylic acids is 1. The Morgan fingerprint density at radius 1 is 1.48 bits per heavy atom. The summed E-state index contributed by atoms with van der Waals surface area (Å²) in [5, 5.41) is 10.0. The van der Waals surface area contributed by atoms with Crippen molar-refractivity contribution in [3.05, 3.63) is 35.4 Å². The molecule has 1 aromatic rings. The largest absolute Gasteiger partial charge is 0.493 e. The van der Waals surface area contributed by atoms with Crippen LogP contribution in [0.15, 0.2) is 24.3 Å². The zero-order chi connectivity index (χ0) is 19.4. The van der Waals surface area contributed by atoms with Gasteiger partial charge in [-0.05, 0) is 18.1 Å². The number of urea groups is 1. The molecule has 1 aromatic carbocycles. The van der Waals surface area contributed by atoms with Crippen molar-refractivity contribution >= 4 is 26.0 Å². The number of nitrogens with zero attached hydrogens (tertiary/aromatic N) is 1. The van der Waals surface area contributed by atoms with Crippen LogP contribution in [-0.4, -0.2) is 50.3 Å². The number of benzene rings is 1. The third-order valence-electron chi connectivity index (χ3n) is 5.45. The summed E-state index contributed by atoms with van der Waals surface area (Å²) in [6.45, 7) is 0.508. The summed E-state index contributed by atoms with van der Waals surface area (Å²) in [5.74, 6) is 1.21. The minimum atomic E-state index is -4.17. The number of amides is 2. The van der Waals surface area contributed by atoms with Crippen LogP contribution in [0.2, 0.25) is 0 Å². The molecule has 0 saturated carbocycles. The van der Waals surface area contributed by atoms with E-state index in [1.807, 2.05) is 12.1 Å². The van der Waals surface area contributed by atoms with Gasteiger partial charge in [0.25, 0.3) is 0 Å². The lowest BCUT2D eigenvalue weighted by molar-refractivity contribution is 0.0822. The lowest BCUT2D eigenvalue weighted by Gasteiger charge is -2.35. The maximum atomic E-state index is 12.4. The molecule has 2 amide bonds. The Hall–Kier alpha value is -1.97. The van der Waals surface area contributed by atoms with Gasteiger partial charge in [0.05, 0.1) is 18.6 Å². The zero-order valence-corrected chi connectivity index (χ0v) is 16.1. The van der Waals surface area contributed by atoms with Crippen molar-refractivity contribution in [2.24, 2.45) is 0 Å². The first-order valence-corrected chi connectivity index (χ1v) is 10.8. The Balaban J connectivity index is 1.79. The van der Waals surface area contributed by atoms with E-state index in [0.29, 0.717) is 30.9 Å². The van der Waals surface area contributed by atoms with Gasteiger partial charge in [-0.25, -0.2) is 9.52 Å². The highest BCUT2D eigenvalue weighted by atomic mass is 35.7. The topological polar surface area (TPSA) is 105 Å². The van der Waals surface area contributed by atoms with Crippen molar-refractivity contribution in [3.63, 3.8) is 0 Å². The monoisotopic (exact) mass is 414 g/mol. The number of carbonyl (C=O) groups is 1. The lowest BCUT2D eigenvalue weighted by Crippen LogP contribution is -2.45. The van der Waals surface area contributed by atoms with E-state index in [2.05, 4.69) is 0 Å². The van der Waals surface area contributed by atoms with Crippen molar-refractivity contribution in [2.45, 2.75) is 37.0 Å². The maximum Gasteiger partial charge on any atom is 0.332 e. The summed E-state index contributed by atoms with van der Waals surface area (Å²) in [6.07, 6.45) is 3.74. The van der Waals surface area contributed by atoms with Gasteiger partial charge in [-0.1, -0.05) is 18.2 Å². The predicted molar refractivity (Wildman–Crippen MR) is 97.2 cm³/mol. The first-order valence-electron chi connectivity index (χ1n) is 8.49. The molecule has 2 heterocycles. The molecule has 3 atom stereocenters. The molecule has 0 bridgehead atoms. The van der Waals surface area contributed by atoms with E-state index in [4.69, 9.17) is 20.2 Å². The average Bonchev–Trinajstić information content (AvgIpc) is 2.81. The van der Waals surface area contributed by atoms with Gasteiger partial charge in [0.15, 0.2) is 11.5 Å². The summed E-state index contributed by atoms with van der Waals surface area (Å²) in [5.41, 5.74) is 1.26. The van der Waals surface area contributed by atoms with Gasteiger partial charge in [-0.15, -0.1) is 0 Å². The van der Waals surface area contributed by atoms with Crippen molar-refractivity contribution in [1.82, 2.24) is 9.62 Å². The van der Waals surface area contributed by atoms with Gasteiger partial charge < -0.3 is 19.5 Å². The van der Waals surface area contributed by atoms with Crippen LogP contribution in [0.25, 0.3) is 0 Å². The van der Waals surface area contributed by atoms with Crippen LogP contribution in [0, 0.1) is 0 Å². The average molecular weight is 415 g/mol. The minimum Gasteiger partial charge on any atom is -0.493 e. The van der Waals surface area contributed by atoms with Gasteiger partial charge in [-0.2, -0.15) is 8.42 Å². The molecule has 10 heteroatoms. The maximum absolute atomic E-state index is 12.4. The Morgan fingerprint density at radius 3 is 2.96 bits per heavy atom. The van der Waals surface area contributed by atoms with Crippen LogP contribution >= 0.6 is 10.7 Å². The van der Waals surface area contributed by atoms with E-state index in [-0.39, 0.29) is 12.6 Å². The molecule has 8 nitrogen and oxygen atoms in total. The molecule has 27 heavy (non-hydrogen) atoms. The van der Waals surface area contributed by atoms with Crippen LogP contribution in [-0.2, 0) is 21.2 Å². The quantitative estimate of drug-likeness (QED) is 0.560. The number of hydrogen-bond donors (Lipinski definition) is 2. The number of aliphatic hydroxyl groups is 1. The molecule has 0 radical (unpaired) electrons. The highest BCUT2D eigenvalue weighted by Crippen LogP contribution is 2.55. The molecule has 1 aliphatic carbocycles. The van der Waals surface area contributed by atoms with E-state index in [1.54, 1.807) is 24.0 Å². The Labute approximate surface area is 161 Å². The summed E-state index contributed by atoms with van der Waals surface area (Å²) in [6, 6.07) is 2.84. The molecule has 2 aliphatic heterocycles. The highest BCUT2D eigenvalue weighted by Gasteiger charge is 2.53. The molecule has 1 spiro atoms. The molecule has 0 saturated heterocycles. The molecule has 0 fully saturated rings. The van der Waals surface area contributed by atoms with Crippen LogP contribution in [0.1, 0.15) is 24.0 Å². The van der Waals surface area contributed by atoms with Crippen molar-refractivity contribution in [3.8, 4) is 11.5 Å². The first-order chi connectivity index (χ1) is 12.7. The van der Waals surface area contributed by atoms with Gasteiger partial charge in [0.2, 0.25) is 0 Å². The molecular formula is C17H19ClN2O6S. The second kappa shape index (κ2) is 6.29. The standard InChI is InChI=1S/C17H19ClN2O6S/c1-25-12-3-2-10-9-20(16(22)19-27(18,23)24)7-6-17-5-4-11(21)8-13(17)26-15(12)14(10)17/h2-5,11,13,21H,6-9H2,1H3,(H,19,22)/t11-,13?,17?/m0/s1. The number of halogens is 1. The molecule has 2 unspecified atom stereocenters. The molecule has 0 aromatic heterocycles. The fourth-order valence-corrected chi connectivity index (χ4v) is 4.81. The summed E-state index contributed by atoms with van der Waals surface area (Å²) < 4.78 is 35.9. The SMILES string of the molecule is COc1ccc2c3c1OC1C[C@@H](O)C=CC31CCN(C(=O)NS(=O)(=O)Cl)C2. The van der Waals surface area contributed by atoms with Crippen LogP contribution in [0.3, 0.4) is 0 Å². The second-order valence-electron chi connectivity index (χ2n) is 6.96. The molecule has 4 rings (SSSR count). The van der Waals surface area contributed by atoms with Gasteiger partial charge in [0.1, 0.15) is 6.10 Å². The van der Waals surface area contributed by atoms with E-state index in [1.165, 1.54) is 4.90 Å². The summed E-state index contributed by atoms with van der Waals surface area (Å²) >= 11 is 0. The molecule has 146 valence electrons. The second-order valence-corrected chi connectivity index (χ2v) is 9.26. The summed E-state index contributed by atoms with van der Waals surface area (Å²) in [7, 11) is 2.54. The van der Waals surface area contributed by atoms with Crippen LogP contribution < -0.4 is 14.2 Å². The number of nitrogens with one attached hydrogen (secondary N) is 1. The molecule has 3 aliphatic rings. The number of ether oxygens (including phenoxy) is 2. The van der Waals surface area contributed by atoms with Gasteiger partial charge >= 0.3 is 15.3 Å². The van der Waals surface area contributed by atoms with Crippen molar-refractivity contribution in [2.75, 3.05) is 13.7 Å². The fraction of sp³-hybridized carbons (Fsp3) is 0.471. The van der Waals surface area contributed by atoms with E-state index in [0.717, 1.165) is 11.1 Å². The van der Waals surface area contributed by atoms with Crippen molar-refractivity contribution in [1.29, 1.82) is 0 Å². The molecular weight excluding hydrogens is 396 g/mol. The number of rotatable bonds is 2. The zero-order valence-electron chi connectivity index (χ0n) is 14.5. The van der Waals surface area contributed by atoms with Crippen LogP contribution in [0.5, 0.6) is 11.5 Å². The third kappa shape index (κ3) is 3.03. The summed E-state index contributed by atoms with van der Waals surface area (Å²) in [4.78, 5) is 13.8. The smallest absolute Gasteiger partial charge is 0.332 e. The van der Waals surface area contributed by atoms with Crippen molar-refractivity contribution < 1.29 is 27.8 Å². The highest BCUT2D eigenvalue weighted by molar-refractivity contribution is 8.12. The lowest BCUT2D eigenvalue weighted by atomic mass is 9.69. The predicted octanol–water partition coefficient (Wildman–Crippen LogP) is 1.41. The van der Waals surface area contributed by atoms with E-state index in [9.17, 15) is 18.3 Å².